The van der Waals surface area contributed by atoms with Crippen LogP contribution in [0.1, 0.15) is 54.9 Å². The standard InChI is InChI=1S/C11H16N2O3S/c1-4-5-7(14)12-11-13-8(6(2)3)9(17-11)10(15)16/h6H,4-5H2,1-3H3,(H,15,16)(H,12,13,14). The summed E-state index contributed by atoms with van der Waals surface area (Å²) in [5.74, 6) is -1.11. The maximum Gasteiger partial charge on any atom is 0.347 e. The molecule has 94 valence electrons. The summed E-state index contributed by atoms with van der Waals surface area (Å²) in [5, 5.41) is 12.0. The molecule has 0 aromatic carbocycles. The topological polar surface area (TPSA) is 79.3 Å². The fourth-order valence-electron chi connectivity index (χ4n) is 1.34. The van der Waals surface area contributed by atoms with Crippen LogP contribution >= 0.6 is 11.3 Å². The van der Waals surface area contributed by atoms with Crippen molar-refractivity contribution in [2.45, 2.75) is 39.5 Å². The average Bonchev–Trinajstić information content (AvgIpc) is 2.62. The Morgan fingerprint density at radius 3 is 2.53 bits per heavy atom. The molecular formula is C11H16N2O3S. The molecular weight excluding hydrogens is 240 g/mol. The molecule has 0 atom stereocenters. The number of rotatable bonds is 5. The Hall–Kier alpha value is -1.43. The van der Waals surface area contributed by atoms with Crippen LogP contribution in [0, 0.1) is 0 Å². The molecule has 0 spiro atoms. The second-order valence-electron chi connectivity index (χ2n) is 3.99. The average molecular weight is 256 g/mol. The molecule has 0 saturated heterocycles. The van der Waals surface area contributed by atoms with Crippen molar-refractivity contribution in [3.05, 3.63) is 10.6 Å². The molecule has 0 aliphatic heterocycles. The number of carboxylic acid groups (broad SMARTS) is 1. The van der Waals surface area contributed by atoms with Crippen molar-refractivity contribution in [1.82, 2.24) is 4.98 Å². The summed E-state index contributed by atoms with van der Waals surface area (Å²) in [4.78, 5) is 26.7. The molecule has 0 aliphatic carbocycles. The van der Waals surface area contributed by atoms with E-state index in [9.17, 15) is 9.59 Å². The Morgan fingerprint density at radius 1 is 1.47 bits per heavy atom. The third-order valence-electron chi connectivity index (χ3n) is 2.12. The lowest BCUT2D eigenvalue weighted by Crippen LogP contribution is -2.10. The SMILES string of the molecule is CCCC(=O)Nc1nc(C(C)C)c(C(=O)O)s1. The molecule has 0 aliphatic rings. The number of anilines is 1. The van der Waals surface area contributed by atoms with Gasteiger partial charge in [-0.2, -0.15) is 0 Å². The van der Waals surface area contributed by atoms with E-state index in [1.54, 1.807) is 0 Å². The largest absolute Gasteiger partial charge is 0.477 e. The van der Waals surface area contributed by atoms with Crippen LogP contribution < -0.4 is 5.32 Å². The zero-order chi connectivity index (χ0) is 13.0. The number of carbonyl (C=O) groups is 2. The fraction of sp³-hybridized carbons (Fsp3) is 0.545. The van der Waals surface area contributed by atoms with Crippen LogP contribution in [0.25, 0.3) is 0 Å². The van der Waals surface area contributed by atoms with Crippen LogP contribution in [-0.4, -0.2) is 22.0 Å². The van der Waals surface area contributed by atoms with Gasteiger partial charge in [0.05, 0.1) is 5.69 Å². The summed E-state index contributed by atoms with van der Waals surface area (Å²) in [6, 6.07) is 0. The van der Waals surface area contributed by atoms with E-state index in [-0.39, 0.29) is 16.7 Å². The normalized spacial score (nSPS) is 10.6. The van der Waals surface area contributed by atoms with Gasteiger partial charge in [-0.3, -0.25) is 4.79 Å². The zero-order valence-corrected chi connectivity index (χ0v) is 10.9. The first-order chi connectivity index (χ1) is 7.95. The van der Waals surface area contributed by atoms with E-state index in [1.165, 1.54) is 0 Å². The lowest BCUT2D eigenvalue weighted by molar-refractivity contribution is -0.116. The van der Waals surface area contributed by atoms with Crippen molar-refractivity contribution in [3.63, 3.8) is 0 Å². The molecule has 0 saturated carbocycles. The highest BCUT2D eigenvalue weighted by molar-refractivity contribution is 7.17. The van der Waals surface area contributed by atoms with Gasteiger partial charge in [0.2, 0.25) is 5.91 Å². The number of nitrogens with one attached hydrogen (secondary N) is 1. The fourth-order valence-corrected chi connectivity index (χ4v) is 2.31. The Labute approximate surface area is 104 Å². The van der Waals surface area contributed by atoms with E-state index in [1.807, 2.05) is 20.8 Å². The first kappa shape index (κ1) is 13.6. The first-order valence-electron chi connectivity index (χ1n) is 5.49. The Balaban J connectivity index is 2.92. The second kappa shape index (κ2) is 5.77. The van der Waals surface area contributed by atoms with Crippen molar-refractivity contribution in [2.24, 2.45) is 0 Å². The maximum absolute atomic E-state index is 11.4. The first-order valence-corrected chi connectivity index (χ1v) is 6.31. The van der Waals surface area contributed by atoms with Gasteiger partial charge in [-0.25, -0.2) is 9.78 Å². The van der Waals surface area contributed by atoms with Crippen LogP contribution in [0.2, 0.25) is 0 Å². The number of carboxylic acids is 1. The number of carbonyl (C=O) groups excluding carboxylic acids is 1. The molecule has 0 unspecified atom stereocenters. The molecule has 1 aromatic rings. The smallest absolute Gasteiger partial charge is 0.347 e. The molecule has 6 heteroatoms. The predicted molar refractivity (Wildman–Crippen MR) is 66.7 cm³/mol. The Bertz CT molecular complexity index is 426. The second-order valence-corrected chi connectivity index (χ2v) is 4.99. The summed E-state index contributed by atoms with van der Waals surface area (Å²) in [5.41, 5.74) is 0.522. The Kier molecular flexibility index (Phi) is 4.62. The summed E-state index contributed by atoms with van der Waals surface area (Å²) in [7, 11) is 0. The number of aromatic carboxylic acids is 1. The van der Waals surface area contributed by atoms with Crippen LogP contribution in [0.15, 0.2) is 0 Å². The number of aromatic nitrogens is 1. The maximum atomic E-state index is 11.4. The van der Waals surface area contributed by atoms with Crippen molar-refractivity contribution in [3.8, 4) is 0 Å². The summed E-state index contributed by atoms with van der Waals surface area (Å²) < 4.78 is 0. The Morgan fingerprint density at radius 2 is 2.12 bits per heavy atom. The molecule has 1 aromatic heterocycles. The number of thiazole rings is 1. The van der Waals surface area contributed by atoms with Gasteiger partial charge in [0.15, 0.2) is 5.13 Å². The van der Waals surface area contributed by atoms with Gasteiger partial charge in [-0.15, -0.1) is 0 Å². The molecule has 5 nitrogen and oxygen atoms in total. The lowest BCUT2D eigenvalue weighted by atomic mass is 10.1. The van der Waals surface area contributed by atoms with E-state index < -0.39 is 5.97 Å². The minimum atomic E-state index is -0.998. The minimum absolute atomic E-state index is 0.0224. The number of amides is 1. The van der Waals surface area contributed by atoms with Gasteiger partial charge in [0.1, 0.15) is 4.88 Å². The van der Waals surface area contributed by atoms with Crippen LogP contribution in [0.3, 0.4) is 0 Å². The third kappa shape index (κ3) is 3.52. The monoisotopic (exact) mass is 256 g/mol. The molecule has 2 N–H and O–H groups in total. The third-order valence-corrected chi connectivity index (χ3v) is 3.09. The highest BCUT2D eigenvalue weighted by Crippen LogP contribution is 2.28. The zero-order valence-electron chi connectivity index (χ0n) is 10.1. The minimum Gasteiger partial charge on any atom is -0.477 e. The van der Waals surface area contributed by atoms with Gasteiger partial charge in [-0.1, -0.05) is 32.1 Å². The van der Waals surface area contributed by atoms with Crippen molar-refractivity contribution >= 4 is 28.3 Å². The molecule has 1 heterocycles. The van der Waals surface area contributed by atoms with Crippen LogP contribution in [0.5, 0.6) is 0 Å². The van der Waals surface area contributed by atoms with E-state index in [4.69, 9.17) is 5.11 Å². The molecule has 1 amide bonds. The van der Waals surface area contributed by atoms with Gasteiger partial charge < -0.3 is 10.4 Å². The lowest BCUT2D eigenvalue weighted by Gasteiger charge is -2.00. The molecule has 0 fully saturated rings. The molecule has 1 rings (SSSR count). The van der Waals surface area contributed by atoms with Gasteiger partial charge in [-0.05, 0) is 12.3 Å². The summed E-state index contributed by atoms with van der Waals surface area (Å²) in [6.45, 7) is 5.65. The van der Waals surface area contributed by atoms with Crippen LogP contribution in [-0.2, 0) is 4.79 Å². The molecule has 0 radical (unpaired) electrons. The van der Waals surface area contributed by atoms with Crippen molar-refractivity contribution < 1.29 is 14.7 Å². The van der Waals surface area contributed by atoms with Crippen LogP contribution in [0.4, 0.5) is 5.13 Å². The van der Waals surface area contributed by atoms with E-state index in [0.717, 1.165) is 17.8 Å². The van der Waals surface area contributed by atoms with E-state index >= 15 is 0 Å². The predicted octanol–water partition coefficient (Wildman–Crippen LogP) is 2.70. The quantitative estimate of drug-likeness (QED) is 0.848. The molecule has 0 bridgehead atoms. The highest BCUT2D eigenvalue weighted by atomic mass is 32.1. The number of hydrogen-bond donors (Lipinski definition) is 2. The van der Waals surface area contributed by atoms with E-state index in [2.05, 4.69) is 10.3 Å². The highest BCUT2D eigenvalue weighted by Gasteiger charge is 2.20. The summed E-state index contributed by atoms with van der Waals surface area (Å²) >= 11 is 1.01. The number of nitrogens with zero attached hydrogens (tertiary/aromatic N) is 1. The molecule has 17 heavy (non-hydrogen) atoms. The van der Waals surface area contributed by atoms with Crippen molar-refractivity contribution in [2.75, 3.05) is 5.32 Å². The van der Waals surface area contributed by atoms with Gasteiger partial charge >= 0.3 is 5.97 Å². The van der Waals surface area contributed by atoms with E-state index in [0.29, 0.717) is 17.2 Å². The van der Waals surface area contributed by atoms with Gasteiger partial charge in [0.25, 0.3) is 0 Å². The van der Waals surface area contributed by atoms with Crippen molar-refractivity contribution in [1.29, 1.82) is 0 Å². The summed E-state index contributed by atoms with van der Waals surface area (Å²) in [6.07, 6.45) is 1.17. The van der Waals surface area contributed by atoms with Gasteiger partial charge in [0, 0.05) is 6.42 Å². The number of hydrogen-bond acceptors (Lipinski definition) is 4.